The second kappa shape index (κ2) is 6.92. The number of pyridine rings is 1. The van der Waals surface area contributed by atoms with Crippen LogP contribution in [0.5, 0.6) is 0 Å². The van der Waals surface area contributed by atoms with Crippen LogP contribution in [0, 0.1) is 0 Å². The number of aliphatic hydroxyl groups is 1. The maximum atomic E-state index is 9.96. The molecule has 18 heavy (non-hydrogen) atoms. The molecule has 1 unspecified atom stereocenters. The van der Waals surface area contributed by atoms with Gasteiger partial charge < -0.3 is 5.11 Å². The quantitative estimate of drug-likeness (QED) is 0.854. The van der Waals surface area contributed by atoms with Crippen LogP contribution in [-0.4, -0.2) is 21.9 Å². The Bertz CT molecular complexity index is 475. The summed E-state index contributed by atoms with van der Waals surface area (Å²) in [4.78, 5) is 5.21. The van der Waals surface area contributed by atoms with Gasteiger partial charge in [0.2, 0.25) is 0 Å². The van der Waals surface area contributed by atoms with Crippen LogP contribution in [0.15, 0.2) is 58.2 Å². The lowest BCUT2D eigenvalue weighted by molar-refractivity contribution is 0.200. The molecule has 2 aromatic rings. The van der Waals surface area contributed by atoms with E-state index in [1.165, 1.54) is 4.90 Å². The number of hydrogen-bond acceptors (Lipinski definition) is 3. The molecule has 1 atom stereocenters. The second-order valence-electron chi connectivity index (χ2n) is 3.98. The topological polar surface area (TPSA) is 33.1 Å². The molecule has 1 N–H and O–H groups in total. The molecule has 0 spiro atoms. The smallest absolute Gasteiger partial charge is 0.0674 e. The van der Waals surface area contributed by atoms with E-state index < -0.39 is 0 Å². The molecule has 0 saturated heterocycles. The number of halogens is 1. The summed E-state index contributed by atoms with van der Waals surface area (Å²) in [7, 11) is 0. The van der Waals surface area contributed by atoms with Gasteiger partial charge in [0, 0.05) is 33.9 Å². The Morgan fingerprint density at radius 1 is 1.22 bits per heavy atom. The first-order valence-electron chi connectivity index (χ1n) is 5.69. The highest BCUT2D eigenvalue weighted by atomic mass is 79.9. The van der Waals surface area contributed by atoms with Crippen molar-refractivity contribution in [3.05, 3.63) is 58.8 Å². The molecule has 0 aliphatic carbocycles. The lowest BCUT2D eigenvalue weighted by Gasteiger charge is -2.10. The average Bonchev–Trinajstić information content (AvgIpc) is 2.39. The van der Waals surface area contributed by atoms with Crippen LogP contribution in [-0.2, 0) is 6.42 Å². The van der Waals surface area contributed by atoms with Crippen molar-refractivity contribution in [1.29, 1.82) is 0 Å². The lowest BCUT2D eigenvalue weighted by Crippen LogP contribution is -2.13. The highest BCUT2D eigenvalue weighted by molar-refractivity contribution is 9.10. The minimum absolute atomic E-state index is 0.345. The van der Waals surface area contributed by atoms with Crippen molar-refractivity contribution in [2.75, 3.05) is 5.75 Å². The minimum atomic E-state index is -0.345. The van der Waals surface area contributed by atoms with Crippen molar-refractivity contribution in [3.63, 3.8) is 0 Å². The van der Waals surface area contributed by atoms with Crippen LogP contribution >= 0.6 is 27.7 Å². The molecule has 0 fully saturated rings. The van der Waals surface area contributed by atoms with Crippen molar-refractivity contribution in [3.8, 4) is 0 Å². The third-order valence-electron chi connectivity index (χ3n) is 2.45. The van der Waals surface area contributed by atoms with E-state index in [0.29, 0.717) is 12.2 Å². The number of rotatable bonds is 5. The summed E-state index contributed by atoms with van der Waals surface area (Å²) in [6.07, 6.45) is 3.85. The van der Waals surface area contributed by atoms with Gasteiger partial charge in [0.1, 0.15) is 0 Å². The summed E-state index contributed by atoms with van der Waals surface area (Å²) in [6, 6.07) is 12.0. The Morgan fingerprint density at radius 2 is 2.00 bits per heavy atom. The maximum Gasteiger partial charge on any atom is 0.0674 e. The molecule has 1 aromatic heterocycles. The second-order valence-corrected chi connectivity index (χ2v) is 5.99. The van der Waals surface area contributed by atoms with E-state index in [4.69, 9.17) is 0 Å². The predicted octanol–water partition coefficient (Wildman–Crippen LogP) is 3.54. The first-order valence-corrected chi connectivity index (χ1v) is 7.47. The maximum absolute atomic E-state index is 9.96. The Kier molecular flexibility index (Phi) is 5.23. The van der Waals surface area contributed by atoms with Crippen LogP contribution in [0.25, 0.3) is 0 Å². The van der Waals surface area contributed by atoms with Crippen molar-refractivity contribution in [2.45, 2.75) is 17.4 Å². The van der Waals surface area contributed by atoms with Gasteiger partial charge in [-0.2, -0.15) is 0 Å². The van der Waals surface area contributed by atoms with E-state index in [-0.39, 0.29) is 6.10 Å². The van der Waals surface area contributed by atoms with Crippen LogP contribution in [0.2, 0.25) is 0 Å². The van der Waals surface area contributed by atoms with E-state index in [0.717, 1.165) is 10.0 Å². The summed E-state index contributed by atoms with van der Waals surface area (Å²) in [5.74, 6) is 0.691. The van der Waals surface area contributed by atoms with Crippen LogP contribution in [0.4, 0.5) is 0 Å². The zero-order chi connectivity index (χ0) is 12.8. The van der Waals surface area contributed by atoms with E-state index >= 15 is 0 Å². The highest BCUT2D eigenvalue weighted by Gasteiger charge is 2.06. The molecule has 0 bridgehead atoms. The van der Waals surface area contributed by atoms with E-state index in [1.54, 1.807) is 24.2 Å². The SMILES string of the molecule is OC(CSc1ccc(Br)cc1)Cc1cccnc1. The standard InChI is InChI=1S/C14H14BrNOS/c15-12-3-5-14(6-4-12)18-10-13(17)8-11-2-1-7-16-9-11/h1-7,9,13,17H,8,10H2. The fraction of sp³-hybridized carbons (Fsp3) is 0.214. The van der Waals surface area contributed by atoms with Gasteiger partial charge in [0.25, 0.3) is 0 Å². The van der Waals surface area contributed by atoms with E-state index in [1.807, 2.05) is 36.4 Å². The van der Waals surface area contributed by atoms with Gasteiger partial charge in [-0.05, 0) is 35.9 Å². The number of thioether (sulfide) groups is 1. The summed E-state index contributed by atoms with van der Waals surface area (Å²) in [5, 5.41) is 9.96. The molecule has 2 nitrogen and oxygen atoms in total. The van der Waals surface area contributed by atoms with Gasteiger partial charge in [-0.15, -0.1) is 11.8 Å². The third kappa shape index (κ3) is 4.44. The zero-order valence-corrected chi connectivity index (χ0v) is 12.2. The van der Waals surface area contributed by atoms with Crippen molar-refractivity contribution in [2.24, 2.45) is 0 Å². The summed E-state index contributed by atoms with van der Waals surface area (Å²) >= 11 is 5.07. The van der Waals surface area contributed by atoms with Crippen LogP contribution in [0.1, 0.15) is 5.56 Å². The molecule has 0 aliphatic rings. The third-order valence-corrected chi connectivity index (χ3v) is 4.14. The van der Waals surface area contributed by atoms with Gasteiger partial charge >= 0.3 is 0 Å². The number of hydrogen-bond donors (Lipinski definition) is 1. The molecule has 1 aromatic carbocycles. The van der Waals surface area contributed by atoms with Crippen LogP contribution < -0.4 is 0 Å². The number of aromatic nitrogens is 1. The minimum Gasteiger partial charge on any atom is -0.392 e. The molecule has 4 heteroatoms. The van der Waals surface area contributed by atoms with E-state index in [9.17, 15) is 5.11 Å². The fourth-order valence-corrected chi connectivity index (χ4v) is 2.67. The van der Waals surface area contributed by atoms with Crippen molar-refractivity contribution >= 4 is 27.7 Å². The Balaban J connectivity index is 1.81. The molecule has 0 saturated carbocycles. The Labute approximate surface area is 120 Å². The molecule has 0 radical (unpaired) electrons. The van der Waals surface area contributed by atoms with Gasteiger partial charge in [-0.3, -0.25) is 4.98 Å². The molecule has 2 rings (SSSR count). The van der Waals surface area contributed by atoms with Crippen LogP contribution in [0.3, 0.4) is 0 Å². The Hall–Kier alpha value is -0.840. The fourth-order valence-electron chi connectivity index (χ4n) is 1.57. The molecule has 94 valence electrons. The number of benzene rings is 1. The van der Waals surface area contributed by atoms with Gasteiger partial charge in [0.05, 0.1) is 6.10 Å². The Morgan fingerprint density at radius 3 is 2.67 bits per heavy atom. The average molecular weight is 324 g/mol. The molecule has 0 amide bonds. The first-order chi connectivity index (χ1) is 8.74. The van der Waals surface area contributed by atoms with Crippen molar-refractivity contribution in [1.82, 2.24) is 4.98 Å². The molecule has 0 aliphatic heterocycles. The van der Waals surface area contributed by atoms with E-state index in [2.05, 4.69) is 20.9 Å². The first kappa shape index (κ1) is 13.6. The zero-order valence-electron chi connectivity index (χ0n) is 9.79. The normalized spacial score (nSPS) is 12.3. The largest absolute Gasteiger partial charge is 0.392 e. The van der Waals surface area contributed by atoms with Gasteiger partial charge in [-0.25, -0.2) is 0 Å². The lowest BCUT2D eigenvalue weighted by atomic mass is 10.1. The van der Waals surface area contributed by atoms with Gasteiger partial charge in [0.15, 0.2) is 0 Å². The molecule has 1 heterocycles. The number of aliphatic hydroxyl groups excluding tert-OH is 1. The molecular weight excluding hydrogens is 310 g/mol. The monoisotopic (exact) mass is 323 g/mol. The number of nitrogens with zero attached hydrogens (tertiary/aromatic N) is 1. The summed E-state index contributed by atoms with van der Waals surface area (Å²) in [6.45, 7) is 0. The van der Waals surface area contributed by atoms with Gasteiger partial charge in [-0.1, -0.05) is 22.0 Å². The molecular formula is C14H14BrNOS. The van der Waals surface area contributed by atoms with Crippen molar-refractivity contribution < 1.29 is 5.11 Å². The summed E-state index contributed by atoms with van der Waals surface area (Å²) in [5.41, 5.74) is 1.07. The predicted molar refractivity (Wildman–Crippen MR) is 78.8 cm³/mol. The summed E-state index contributed by atoms with van der Waals surface area (Å²) < 4.78 is 1.07. The highest BCUT2D eigenvalue weighted by Crippen LogP contribution is 2.21.